The molecule has 5 atom stereocenters. The highest BCUT2D eigenvalue weighted by Gasteiger charge is 2.39. The minimum absolute atomic E-state index is 0.0343. The van der Waals surface area contributed by atoms with Crippen LogP contribution in [0.3, 0.4) is 0 Å². The quantitative estimate of drug-likeness (QED) is 0.0907. The standard InChI is InChI=1S/C51H64N8O7/c1-32(2)46(55-50(62)64-6)34(5)53-39-17-10-36(11-18-39)42-23-24-43(59(42)41-21-14-35(15-22-41)38-16-25-45(52-31-38)57-27-29-66-30-28-57)37-12-19-40(20-13-37)54-48(60)44-9-8-26-58(44)49(61)47(33(3)4)56-51(63)65-7/h10-22,25,31-33,42-44,46-47,53H,5,8-9,23-24,26-30H2,1-4,6-7H3,(H,54,60)(H,55,62)(H,56,63)/t42-,43+,44-,46-,47-/m0/s1. The lowest BCUT2D eigenvalue weighted by Crippen LogP contribution is -2.54. The van der Waals surface area contributed by atoms with Crippen LogP contribution in [0, 0.1) is 11.8 Å². The highest BCUT2D eigenvalue weighted by molar-refractivity contribution is 5.98. The zero-order valence-electron chi connectivity index (χ0n) is 38.9. The van der Waals surface area contributed by atoms with Gasteiger partial charge in [-0.05, 0) is 103 Å². The fourth-order valence-corrected chi connectivity index (χ4v) is 9.28. The Bertz CT molecular complexity index is 2300. The van der Waals surface area contributed by atoms with Gasteiger partial charge in [0, 0.05) is 54.2 Å². The lowest BCUT2D eigenvalue weighted by atomic mass is 10.0. The number of carbonyl (C=O) groups is 4. The van der Waals surface area contributed by atoms with Crippen LogP contribution in [0.25, 0.3) is 11.1 Å². The van der Waals surface area contributed by atoms with Crippen LogP contribution < -0.4 is 31.1 Å². The monoisotopic (exact) mass is 900 g/mol. The molecule has 0 aliphatic carbocycles. The van der Waals surface area contributed by atoms with Crippen LogP contribution in [-0.4, -0.2) is 99.1 Å². The molecule has 0 unspecified atom stereocenters. The third-order valence-electron chi connectivity index (χ3n) is 12.9. The van der Waals surface area contributed by atoms with Crippen molar-refractivity contribution in [3.63, 3.8) is 0 Å². The normalized spacial score (nSPS) is 19.3. The number of likely N-dealkylation sites (tertiary alicyclic amines) is 1. The molecular weight excluding hydrogens is 837 g/mol. The maximum Gasteiger partial charge on any atom is 0.407 e. The largest absolute Gasteiger partial charge is 0.453 e. The number of nitrogens with one attached hydrogen (secondary N) is 4. The van der Waals surface area contributed by atoms with Crippen molar-refractivity contribution >= 4 is 46.9 Å². The highest BCUT2D eigenvalue weighted by atomic mass is 16.5. The van der Waals surface area contributed by atoms with Gasteiger partial charge in [-0.25, -0.2) is 14.6 Å². The van der Waals surface area contributed by atoms with Crippen LogP contribution in [0.2, 0.25) is 0 Å². The summed E-state index contributed by atoms with van der Waals surface area (Å²) in [7, 11) is 2.61. The summed E-state index contributed by atoms with van der Waals surface area (Å²) in [6.45, 7) is 15.5. The molecule has 15 heteroatoms. The Morgan fingerprint density at radius 3 is 1.76 bits per heavy atom. The average molecular weight is 901 g/mol. The van der Waals surface area contributed by atoms with E-state index in [1.54, 1.807) is 4.90 Å². The average Bonchev–Trinajstić information content (AvgIpc) is 4.02. The molecule has 15 nitrogen and oxygen atoms in total. The van der Waals surface area contributed by atoms with Gasteiger partial charge < -0.3 is 50.2 Å². The SMILES string of the molecule is C=C(Nc1ccc([C@@H]2CC[C@H](c3ccc(NC(=O)[C@@H]4CCCN4C(=O)[C@@H](NC(=O)OC)C(C)C)cc3)N2c2ccc(-c3ccc(N4CCOCC4)nc3)cc2)cc1)[C@@H](NC(=O)OC)C(C)C. The van der Waals surface area contributed by atoms with Crippen LogP contribution in [0.1, 0.15) is 76.6 Å². The molecule has 0 saturated carbocycles. The number of hydrogen-bond acceptors (Lipinski definition) is 11. The topological polar surface area (TPSA) is 167 Å². The molecule has 7 rings (SSSR count). The number of pyridine rings is 1. The van der Waals surface area contributed by atoms with Gasteiger partial charge in [0.2, 0.25) is 11.8 Å². The zero-order valence-corrected chi connectivity index (χ0v) is 38.9. The molecule has 66 heavy (non-hydrogen) atoms. The fourth-order valence-electron chi connectivity index (χ4n) is 9.28. The number of benzene rings is 3. The van der Waals surface area contributed by atoms with E-state index >= 15 is 0 Å². The number of amides is 4. The molecule has 350 valence electrons. The molecule has 0 spiro atoms. The van der Waals surface area contributed by atoms with Crippen molar-refractivity contribution < 1.29 is 33.4 Å². The molecule has 3 aliphatic heterocycles. The molecule has 0 radical (unpaired) electrons. The van der Waals surface area contributed by atoms with Crippen molar-refractivity contribution in [3.8, 4) is 11.1 Å². The van der Waals surface area contributed by atoms with E-state index in [9.17, 15) is 19.2 Å². The first-order valence-electron chi connectivity index (χ1n) is 23.0. The second-order valence-corrected chi connectivity index (χ2v) is 17.9. The smallest absolute Gasteiger partial charge is 0.407 e. The van der Waals surface area contributed by atoms with Crippen molar-refractivity contribution in [2.45, 2.75) is 83.6 Å². The van der Waals surface area contributed by atoms with Crippen LogP contribution in [0.15, 0.2) is 103 Å². The summed E-state index contributed by atoms with van der Waals surface area (Å²) in [6, 6.07) is 27.6. The number of hydrogen-bond donors (Lipinski definition) is 4. The Labute approximate surface area is 388 Å². The first-order chi connectivity index (χ1) is 31.8. The number of morpholine rings is 1. The van der Waals surface area contributed by atoms with E-state index in [1.807, 2.05) is 58.2 Å². The van der Waals surface area contributed by atoms with Gasteiger partial charge in [0.25, 0.3) is 0 Å². The number of methoxy groups -OCH3 is 2. The predicted molar refractivity (Wildman–Crippen MR) is 257 cm³/mol. The first kappa shape index (κ1) is 47.4. The van der Waals surface area contributed by atoms with Gasteiger partial charge in [0.15, 0.2) is 0 Å². The Kier molecular flexibility index (Phi) is 15.5. The van der Waals surface area contributed by atoms with Crippen molar-refractivity contribution in [2.75, 3.05) is 67.5 Å². The number of alkyl carbamates (subject to hydrolysis) is 2. The maximum absolute atomic E-state index is 13.7. The predicted octanol–water partition coefficient (Wildman–Crippen LogP) is 8.28. The van der Waals surface area contributed by atoms with Crippen molar-refractivity contribution in [2.24, 2.45) is 11.8 Å². The number of anilines is 4. The summed E-state index contributed by atoms with van der Waals surface area (Å²) < 4.78 is 15.1. The zero-order chi connectivity index (χ0) is 46.9. The molecule has 4 amide bonds. The molecule has 4 heterocycles. The van der Waals surface area contributed by atoms with Gasteiger partial charge in [-0.2, -0.15) is 0 Å². The van der Waals surface area contributed by atoms with Gasteiger partial charge in [0.1, 0.15) is 17.9 Å². The van der Waals surface area contributed by atoms with Gasteiger partial charge in [-0.3, -0.25) is 9.59 Å². The molecule has 0 bridgehead atoms. The van der Waals surface area contributed by atoms with Gasteiger partial charge in [-0.1, -0.05) is 70.7 Å². The summed E-state index contributed by atoms with van der Waals surface area (Å²) in [4.78, 5) is 62.6. The number of rotatable bonds is 15. The Morgan fingerprint density at radius 1 is 0.682 bits per heavy atom. The van der Waals surface area contributed by atoms with Crippen molar-refractivity contribution in [3.05, 3.63) is 115 Å². The molecule has 4 N–H and O–H groups in total. The summed E-state index contributed by atoms with van der Waals surface area (Å²) >= 11 is 0. The molecule has 3 fully saturated rings. The number of aromatic nitrogens is 1. The second kappa shape index (κ2) is 21.6. The van der Waals surface area contributed by atoms with E-state index in [0.717, 1.165) is 65.4 Å². The van der Waals surface area contributed by atoms with E-state index in [1.165, 1.54) is 14.2 Å². The lowest BCUT2D eigenvalue weighted by Gasteiger charge is -2.34. The van der Waals surface area contributed by atoms with Gasteiger partial charge in [0.05, 0.1) is 45.6 Å². The molecular formula is C51H64N8O7. The van der Waals surface area contributed by atoms with Crippen molar-refractivity contribution in [1.29, 1.82) is 0 Å². The lowest BCUT2D eigenvalue weighted by molar-refractivity contribution is -0.139. The summed E-state index contributed by atoms with van der Waals surface area (Å²) in [5.41, 5.74) is 7.64. The number of ether oxygens (including phenoxy) is 3. The first-order valence-corrected chi connectivity index (χ1v) is 23.0. The maximum atomic E-state index is 13.7. The molecule has 3 saturated heterocycles. The van der Waals surface area contributed by atoms with E-state index in [4.69, 9.17) is 19.2 Å². The summed E-state index contributed by atoms with van der Waals surface area (Å²) in [5, 5.41) is 12.0. The Morgan fingerprint density at radius 2 is 1.23 bits per heavy atom. The molecule has 1 aromatic heterocycles. The van der Waals surface area contributed by atoms with E-state index in [2.05, 4.69) is 98.3 Å². The van der Waals surface area contributed by atoms with Crippen LogP contribution in [-0.2, 0) is 23.8 Å². The minimum Gasteiger partial charge on any atom is -0.453 e. The van der Waals surface area contributed by atoms with E-state index < -0.39 is 24.3 Å². The van der Waals surface area contributed by atoms with Gasteiger partial charge >= 0.3 is 12.2 Å². The molecule has 3 aliphatic rings. The highest BCUT2D eigenvalue weighted by Crippen LogP contribution is 2.47. The Balaban J connectivity index is 1.10. The van der Waals surface area contributed by atoms with E-state index in [-0.39, 0.29) is 41.8 Å². The van der Waals surface area contributed by atoms with Gasteiger partial charge in [-0.15, -0.1) is 0 Å². The number of nitrogens with zero attached hydrogens (tertiary/aromatic N) is 4. The second-order valence-electron chi connectivity index (χ2n) is 17.9. The molecule has 3 aromatic carbocycles. The van der Waals surface area contributed by atoms with Crippen LogP contribution in [0.5, 0.6) is 0 Å². The number of carbonyl (C=O) groups excluding carboxylic acids is 4. The third kappa shape index (κ3) is 11.1. The Hall–Kier alpha value is -6.61. The summed E-state index contributed by atoms with van der Waals surface area (Å²) in [5.74, 6) is 0.289. The van der Waals surface area contributed by atoms with Crippen molar-refractivity contribution in [1.82, 2.24) is 20.5 Å². The van der Waals surface area contributed by atoms with Crippen LogP contribution >= 0.6 is 0 Å². The van der Waals surface area contributed by atoms with Crippen LogP contribution in [0.4, 0.5) is 32.5 Å². The fraction of sp³-hybridized carbons (Fsp3) is 0.431. The minimum atomic E-state index is -0.808. The summed E-state index contributed by atoms with van der Waals surface area (Å²) in [6.07, 6.45) is 3.76. The third-order valence-corrected chi connectivity index (χ3v) is 12.9. The van der Waals surface area contributed by atoms with E-state index in [0.29, 0.717) is 44.0 Å². The molecule has 4 aromatic rings.